The smallest absolute Gasteiger partial charge is 0.367 e. The molecule has 0 amide bonds. The molecule has 0 atom stereocenters. The summed E-state index contributed by atoms with van der Waals surface area (Å²) in [6.07, 6.45) is -0.773. The van der Waals surface area contributed by atoms with Gasteiger partial charge in [0, 0.05) is 31.9 Å². The Labute approximate surface area is 203 Å². The number of nitrogens with one attached hydrogen (secondary N) is 2. The second-order valence-corrected chi connectivity index (χ2v) is 6.99. The predicted molar refractivity (Wildman–Crippen MR) is 130 cm³/mol. The summed E-state index contributed by atoms with van der Waals surface area (Å²) in [6, 6.07) is 12.3. The molecule has 0 bridgehead atoms. The zero-order valence-electron chi connectivity index (χ0n) is 18.0. The number of halogens is 4. The van der Waals surface area contributed by atoms with Crippen molar-refractivity contribution in [1.82, 2.24) is 15.2 Å². The van der Waals surface area contributed by atoms with Gasteiger partial charge in [-0.05, 0) is 37.0 Å². The van der Waals surface area contributed by atoms with Gasteiger partial charge in [0.25, 0.3) is 0 Å². The molecule has 0 saturated carbocycles. The lowest BCUT2D eigenvalue weighted by molar-refractivity contribution is -0.176. The van der Waals surface area contributed by atoms with E-state index >= 15 is 0 Å². The standard InChI is InChI=1S/C22H29F3N4O2.HI/c1-2-26-21(27-12-4-6-14-29-13-5-3-7-20(29)30)28-15-18-8-10-19(11-9-18)16-31-17-22(23,24)25;/h3,5,7-11,13H,2,4,6,12,14-17H2,1H3,(H2,26,27,28);1H. The summed E-state index contributed by atoms with van der Waals surface area (Å²) in [7, 11) is 0. The molecule has 0 radical (unpaired) electrons. The van der Waals surface area contributed by atoms with E-state index in [1.54, 1.807) is 35.0 Å². The second kappa shape index (κ2) is 14.9. The fourth-order valence-electron chi connectivity index (χ4n) is 2.80. The molecule has 2 aromatic rings. The summed E-state index contributed by atoms with van der Waals surface area (Å²) in [4.78, 5) is 16.2. The molecule has 1 heterocycles. The number of hydrogen-bond donors (Lipinski definition) is 2. The van der Waals surface area contributed by atoms with Gasteiger partial charge >= 0.3 is 6.18 Å². The average molecular weight is 566 g/mol. The van der Waals surface area contributed by atoms with Gasteiger partial charge in [0.2, 0.25) is 5.56 Å². The lowest BCUT2D eigenvalue weighted by Gasteiger charge is -2.12. The van der Waals surface area contributed by atoms with Crippen LogP contribution in [0.15, 0.2) is 58.4 Å². The van der Waals surface area contributed by atoms with E-state index in [2.05, 4.69) is 20.4 Å². The molecule has 1 aromatic heterocycles. The van der Waals surface area contributed by atoms with Crippen molar-refractivity contribution in [1.29, 1.82) is 0 Å². The van der Waals surface area contributed by atoms with Crippen LogP contribution in [0.5, 0.6) is 0 Å². The molecular weight excluding hydrogens is 536 g/mol. The summed E-state index contributed by atoms with van der Waals surface area (Å²) >= 11 is 0. The van der Waals surface area contributed by atoms with Crippen molar-refractivity contribution in [2.75, 3.05) is 19.7 Å². The van der Waals surface area contributed by atoms with Crippen molar-refractivity contribution >= 4 is 29.9 Å². The summed E-state index contributed by atoms with van der Waals surface area (Å²) < 4.78 is 42.7. The van der Waals surface area contributed by atoms with E-state index in [0.29, 0.717) is 24.6 Å². The molecule has 0 unspecified atom stereocenters. The fourth-order valence-corrected chi connectivity index (χ4v) is 2.80. The predicted octanol–water partition coefficient (Wildman–Crippen LogP) is 4.08. The lowest BCUT2D eigenvalue weighted by Crippen LogP contribution is -2.37. The Kier molecular flexibility index (Phi) is 13.0. The largest absolute Gasteiger partial charge is 0.411 e. The minimum atomic E-state index is -4.32. The van der Waals surface area contributed by atoms with Gasteiger partial charge in [-0.1, -0.05) is 30.3 Å². The van der Waals surface area contributed by atoms with Gasteiger partial charge in [-0.15, -0.1) is 24.0 Å². The molecule has 0 saturated heterocycles. The number of benzene rings is 1. The monoisotopic (exact) mass is 566 g/mol. The van der Waals surface area contributed by atoms with Crippen LogP contribution in [0.1, 0.15) is 30.9 Å². The maximum Gasteiger partial charge on any atom is 0.411 e. The summed E-state index contributed by atoms with van der Waals surface area (Å²) in [6.45, 7) is 3.21. The van der Waals surface area contributed by atoms with Crippen molar-refractivity contribution in [3.05, 3.63) is 70.1 Å². The third-order valence-electron chi connectivity index (χ3n) is 4.34. The molecule has 10 heteroatoms. The van der Waals surface area contributed by atoms with Crippen LogP contribution in [0, 0.1) is 0 Å². The lowest BCUT2D eigenvalue weighted by atomic mass is 10.1. The third-order valence-corrected chi connectivity index (χ3v) is 4.34. The van der Waals surface area contributed by atoms with Gasteiger partial charge in [-0.25, -0.2) is 4.99 Å². The van der Waals surface area contributed by atoms with Gasteiger partial charge < -0.3 is 19.9 Å². The van der Waals surface area contributed by atoms with E-state index in [4.69, 9.17) is 0 Å². The third kappa shape index (κ3) is 11.5. The summed E-state index contributed by atoms with van der Waals surface area (Å²) in [5, 5.41) is 6.45. The Bertz CT molecular complexity index is 870. The van der Waals surface area contributed by atoms with Crippen molar-refractivity contribution < 1.29 is 17.9 Å². The van der Waals surface area contributed by atoms with Crippen LogP contribution in [-0.2, 0) is 24.4 Å². The van der Waals surface area contributed by atoms with Gasteiger partial charge in [-0.3, -0.25) is 4.79 Å². The number of aryl methyl sites for hydroxylation is 1. The molecule has 0 aliphatic carbocycles. The molecule has 6 nitrogen and oxygen atoms in total. The Morgan fingerprint density at radius 3 is 2.44 bits per heavy atom. The summed E-state index contributed by atoms with van der Waals surface area (Å²) in [5.74, 6) is 0.692. The van der Waals surface area contributed by atoms with Gasteiger partial charge in [-0.2, -0.15) is 13.2 Å². The van der Waals surface area contributed by atoms with Crippen molar-refractivity contribution in [3.8, 4) is 0 Å². The Morgan fingerprint density at radius 2 is 1.78 bits per heavy atom. The number of aromatic nitrogens is 1. The van der Waals surface area contributed by atoms with Crippen molar-refractivity contribution in [2.24, 2.45) is 4.99 Å². The first-order chi connectivity index (χ1) is 14.9. The minimum Gasteiger partial charge on any atom is -0.367 e. The zero-order chi connectivity index (χ0) is 22.5. The first-order valence-electron chi connectivity index (χ1n) is 10.3. The maximum atomic E-state index is 12.1. The number of aliphatic imine (C=N–C) groups is 1. The highest BCUT2D eigenvalue weighted by Crippen LogP contribution is 2.16. The minimum absolute atomic E-state index is 0. The molecule has 0 aliphatic rings. The van der Waals surface area contributed by atoms with E-state index in [0.717, 1.165) is 31.5 Å². The number of hydrogen-bond acceptors (Lipinski definition) is 3. The maximum absolute atomic E-state index is 12.1. The number of ether oxygens (including phenoxy) is 1. The summed E-state index contributed by atoms with van der Waals surface area (Å²) in [5.41, 5.74) is 1.63. The molecule has 178 valence electrons. The Morgan fingerprint density at radius 1 is 1.06 bits per heavy atom. The van der Waals surface area contributed by atoms with Crippen LogP contribution in [0.3, 0.4) is 0 Å². The molecule has 32 heavy (non-hydrogen) atoms. The van der Waals surface area contributed by atoms with Gasteiger partial charge in [0.1, 0.15) is 6.61 Å². The molecule has 0 spiro atoms. The molecule has 0 aliphatic heterocycles. The normalized spacial score (nSPS) is 11.7. The molecule has 0 fully saturated rings. The van der Waals surface area contributed by atoms with Crippen molar-refractivity contribution in [3.63, 3.8) is 0 Å². The second-order valence-electron chi connectivity index (χ2n) is 6.99. The first kappa shape index (κ1) is 28.0. The Balaban J connectivity index is 0.00000512. The van der Waals surface area contributed by atoms with E-state index in [9.17, 15) is 18.0 Å². The van der Waals surface area contributed by atoms with Crippen LogP contribution in [-0.4, -0.2) is 36.4 Å². The zero-order valence-corrected chi connectivity index (χ0v) is 20.4. The molecule has 2 rings (SSSR count). The molecule has 2 N–H and O–H groups in total. The highest BCUT2D eigenvalue weighted by molar-refractivity contribution is 14.0. The number of pyridine rings is 1. The van der Waals surface area contributed by atoms with E-state index < -0.39 is 12.8 Å². The Hall–Kier alpha value is -2.08. The number of guanidine groups is 1. The number of unbranched alkanes of at least 4 members (excludes halogenated alkanes) is 1. The highest BCUT2D eigenvalue weighted by atomic mass is 127. The number of rotatable bonds is 11. The fraction of sp³-hybridized carbons (Fsp3) is 0.455. The first-order valence-corrected chi connectivity index (χ1v) is 10.3. The van der Waals surface area contributed by atoms with Crippen LogP contribution < -0.4 is 16.2 Å². The topological polar surface area (TPSA) is 67.7 Å². The van der Waals surface area contributed by atoms with Crippen LogP contribution in [0.2, 0.25) is 0 Å². The van der Waals surface area contributed by atoms with Crippen LogP contribution >= 0.6 is 24.0 Å². The number of nitrogens with zero attached hydrogens (tertiary/aromatic N) is 2. The molecule has 1 aromatic carbocycles. The highest BCUT2D eigenvalue weighted by Gasteiger charge is 2.27. The van der Waals surface area contributed by atoms with Crippen molar-refractivity contribution in [2.45, 2.75) is 45.6 Å². The van der Waals surface area contributed by atoms with Gasteiger partial charge in [0.15, 0.2) is 5.96 Å². The average Bonchev–Trinajstić information content (AvgIpc) is 2.73. The van der Waals surface area contributed by atoms with Crippen LogP contribution in [0.25, 0.3) is 0 Å². The van der Waals surface area contributed by atoms with E-state index in [-0.39, 0.29) is 36.1 Å². The molecular formula is C22H30F3IN4O2. The van der Waals surface area contributed by atoms with Gasteiger partial charge in [0.05, 0.1) is 13.2 Å². The van der Waals surface area contributed by atoms with Crippen LogP contribution in [0.4, 0.5) is 13.2 Å². The SMILES string of the molecule is CCNC(=NCc1ccc(COCC(F)(F)F)cc1)NCCCCn1ccccc1=O.I. The number of alkyl halides is 3. The van der Waals surface area contributed by atoms with E-state index in [1.807, 2.05) is 25.1 Å². The quantitative estimate of drug-likeness (QED) is 0.186. The van der Waals surface area contributed by atoms with E-state index in [1.165, 1.54) is 0 Å².